The van der Waals surface area contributed by atoms with Crippen molar-refractivity contribution in [2.24, 2.45) is 0 Å². The molecule has 0 saturated heterocycles. The second kappa shape index (κ2) is 2.91. The average molecular weight is 215 g/mol. The van der Waals surface area contributed by atoms with Crippen LogP contribution in [-0.2, 0) is 0 Å². The number of aryl methyl sites for hydroxylation is 1. The van der Waals surface area contributed by atoms with E-state index in [2.05, 4.69) is 10.2 Å². The Morgan fingerprint density at radius 3 is 2.94 bits per heavy atom. The van der Waals surface area contributed by atoms with E-state index in [1.165, 1.54) is 6.92 Å². The number of ketones is 1. The van der Waals surface area contributed by atoms with Crippen molar-refractivity contribution in [1.29, 1.82) is 0 Å². The molecule has 80 valence electrons. The van der Waals surface area contributed by atoms with Crippen LogP contribution in [0.25, 0.3) is 11.0 Å². The highest BCUT2D eigenvalue weighted by Crippen LogP contribution is 2.08. The number of fused-ring (bicyclic) bond motifs is 3. The van der Waals surface area contributed by atoms with Crippen LogP contribution in [0.3, 0.4) is 0 Å². The second-order valence-corrected chi connectivity index (χ2v) is 3.82. The Morgan fingerprint density at radius 2 is 2.19 bits per heavy atom. The van der Waals surface area contributed by atoms with Gasteiger partial charge in [-0.15, -0.1) is 4.52 Å². The molecule has 0 radical (unpaired) electrons. The van der Waals surface area contributed by atoms with Gasteiger partial charge in [0.05, 0.1) is 4.74 Å². The van der Waals surface area contributed by atoms with Crippen LogP contribution < -0.4 is 4.52 Å². The third kappa shape index (κ3) is 1.02. The molecule has 2 heterocycles. The van der Waals surface area contributed by atoms with Crippen molar-refractivity contribution in [3.63, 3.8) is 0 Å². The molecule has 0 atom stereocenters. The lowest BCUT2D eigenvalue weighted by Gasteiger charge is -1.86. The zero-order valence-electron chi connectivity index (χ0n) is 9.06. The molecule has 16 heavy (non-hydrogen) atoms. The predicted octanol–water partition coefficient (Wildman–Crippen LogP) is 0.912. The molecular formula is C11H11N4O+. The van der Waals surface area contributed by atoms with E-state index in [1.807, 2.05) is 35.7 Å². The minimum Gasteiger partial charge on any atom is -0.291 e. The summed E-state index contributed by atoms with van der Waals surface area (Å²) in [4.78, 5) is 11.4. The Labute approximate surface area is 91.3 Å². The van der Waals surface area contributed by atoms with Crippen LogP contribution in [0, 0.1) is 6.92 Å². The molecule has 1 aromatic carbocycles. The normalized spacial score (nSPS) is 11.4. The molecule has 0 saturated carbocycles. The maximum absolute atomic E-state index is 11.4. The van der Waals surface area contributed by atoms with Crippen molar-refractivity contribution in [2.45, 2.75) is 13.8 Å². The number of Topliss-reactive ketones (excluding diaryl/α,β-unsaturated/α-hetero) is 1. The predicted molar refractivity (Wildman–Crippen MR) is 57.4 cm³/mol. The Kier molecular flexibility index (Phi) is 1.65. The van der Waals surface area contributed by atoms with Gasteiger partial charge in [-0.1, -0.05) is 12.1 Å². The van der Waals surface area contributed by atoms with Gasteiger partial charge in [-0.3, -0.25) is 4.79 Å². The Morgan fingerprint density at radius 1 is 1.44 bits per heavy atom. The summed E-state index contributed by atoms with van der Waals surface area (Å²) in [6.45, 7) is 3.42. The SMILES string of the molecule is CC(=O)c1nn2[nH]c3ccccc3[n+]2c1C. The van der Waals surface area contributed by atoms with E-state index in [1.54, 1.807) is 4.74 Å². The van der Waals surface area contributed by atoms with E-state index in [0.717, 1.165) is 16.7 Å². The van der Waals surface area contributed by atoms with Crippen LogP contribution in [0.1, 0.15) is 23.1 Å². The number of hydrogen-bond donors (Lipinski definition) is 1. The van der Waals surface area contributed by atoms with Gasteiger partial charge < -0.3 is 0 Å². The maximum Gasteiger partial charge on any atom is 0.244 e. The number of rotatable bonds is 1. The fourth-order valence-corrected chi connectivity index (χ4v) is 2.00. The Hall–Kier alpha value is -2.17. The van der Waals surface area contributed by atoms with E-state index in [-0.39, 0.29) is 5.78 Å². The molecule has 1 N–H and O–H groups in total. The van der Waals surface area contributed by atoms with Gasteiger partial charge in [0.15, 0.2) is 16.7 Å². The smallest absolute Gasteiger partial charge is 0.244 e. The summed E-state index contributed by atoms with van der Waals surface area (Å²) in [5.41, 5.74) is 3.36. The first-order valence-corrected chi connectivity index (χ1v) is 5.08. The van der Waals surface area contributed by atoms with Crippen molar-refractivity contribution in [1.82, 2.24) is 14.9 Å². The van der Waals surface area contributed by atoms with Gasteiger partial charge in [0.25, 0.3) is 0 Å². The Balaban J connectivity index is 2.50. The number of nitrogens with zero attached hydrogens (tertiary/aromatic N) is 3. The van der Waals surface area contributed by atoms with Crippen LogP contribution in [0.4, 0.5) is 0 Å². The molecule has 5 heteroatoms. The zero-order valence-corrected chi connectivity index (χ0v) is 9.06. The monoisotopic (exact) mass is 215 g/mol. The van der Waals surface area contributed by atoms with E-state index in [0.29, 0.717) is 5.69 Å². The first-order chi connectivity index (χ1) is 7.68. The lowest BCUT2D eigenvalue weighted by atomic mass is 10.2. The molecule has 0 fully saturated rings. The van der Waals surface area contributed by atoms with Gasteiger partial charge in [0.1, 0.15) is 0 Å². The molecule has 3 aromatic rings. The molecule has 0 amide bonds. The summed E-state index contributed by atoms with van der Waals surface area (Å²) in [5, 5.41) is 7.33. The highest BCUT2D eigenvalue weighted by atomic mass is 16.1. The van der Waals surface area contributed by atoms with Gasteiger partial charge in [-0.2, -0.15) is 5.10 Å². The molecule has 3 rings (SSSR count). The maximum atomic E-state index is 11.4. The molecule has 5 nitrogen and oxygen atoms in total. The number of carbonyl (C=O) groups is 1. The van der Waals surface area contributed by atoms with E-state index >= 15 is 0 Å². The lowest BCUT2D eigenvalue weighted by molar-refractivity contribution is -0.604. The molecule has 0 spiro atoms. The fraction of sp³-hybridized carbons (Fsp3) is 0.182. The number of benzene rings is 1. The van der Waals surface area contributed by atoms with Crippen LogP contribution in [0.15, 0.2) is 24.3 Å². The number of aromatic nitrogens is 4. The summed E-state index contributed by atoms with van der Waals surface area (Å²) >= 11 is 0. The highest BCUT2D eigenvalue weighted by Gasteiger charge is 2.22. The Bertz CT molecular complexity index is 707. The van der Waals surface area contributed by atoms with Crippen LogP contribution in [0.5, 0.6) is 0 Å². The quantitative estimate of drug-likeness (QED) is 0.484. The van der Waals surface area contributed by atoms with E-state index < -0.39 is 0 Å². The third-order valence-electron chi connectivity index (χ3n) is 2.73. The summed E-state index contributed by atoms with van der Waals surface area (Å²) in [5.74, 6) is -0.0221. The van der Waals surface area contributed by atoms with Crippen molar-refractivity contribution >= 4 is 16.8 Å². The summed E-state index contributed by atoms with van der Waals surface area (Å²) in [6.07, 6.45) is 0. The van der Waals surface area contributed by atoms with Crippen molar-refractivity contribution < 1.29 is 9.31 Å². The number of nitrogens with one attached hydrogen (secondary N) is 1. The lowest BCUT2D eigenvalue weighted by Crippen LogP contribution is -2.29. The van der Waals surface area contributed by atoms with E-state index in [4.69, 9.17) is 0 Å². The van der Waals surface area contributed by atoms with Gasteiger partial charge in [-0.25, -0.2) is 0 Å². The minimum absolute atomic E-state index is 0.0221. The first-order valence-electron chi connectivity index (χ1n) is 5.08. The standard InChI is InChI=1S/C11H11N4O/c1-7-11(8(2)16)13-15-12-9-5-3-4-6-10(9)14(7)15/h3-6H,1-2H3,(H,12,13)/q+1. The van der Waals surface area contributed by atoms with Crippen LogP contribution in [0.2, 0.25) is 0 Å². The van der Waals surface area contributed by atoms with Crippen molar-refractivity contribution in [2.75, 3.05) is 0 Å². The molecule has 0 unspecified atom stereocenters. The summed E-state index contributed by atoms with van der Waals surface area (Å²) in [6, 6.07) is 7.89. The molecule has 0 aliphatic carbocycles. The van der Waals surface area contributed by atoms with Crippen molar-refractivity contribution in [3.05, 3.63) is 35.7 Å². The van der Waals surface area contributed by atoms with E-state index in [9.17, 15) is 4.79 Å². The van der Waals surface area contributed by atoms with Gasteiger partial charge in [0, 0.05) is 12.0 Å². The highest BCUT2D eigenvalue weighted by molar-refractivity contribution is 5.92. The molecule has 0 aliphatic rings. The fourth-order valence-electron chi connectivity index (χ4n) is 2.00. The van der Waals surface area contributed by atoms with Crippen LogP contribution in [-0.4, -0.2) is 20.7 Å². The average Bonchev–Trinajstić information content (AvgIpc) is 2.75. The number of aromatic amines is 1. The van der Waals surface area contributed by atoms with Crippen LogP contribution >= 0.6 is 0 Å². The molecule has 0 aliphatic heterocycles. The van der Waals surface area contributed by atoms with Crippen molar-refractivity contribution in [3.8, 4) is 0 Å². The number of carbonyl (C=O) groups excluding carboxylic acids is 1. The van der Waals surface area contributed by atoms with Gasteiger partial charge >= 0.3 is 0 Å². The second-order valence-electron chi connectivity index (χ2n) is 3.82. The number of para-hydroxylation sites is 2. The molecular weight excluding hydrogens is 204 g/mol. The number of H-pyrrole nitrogens is 1. The first kappa shape index (κ1) is 9.08. The largest absolute Gasteiger partial charge is 0.291 e. The van der Waals surface area contributed by atoms with Gasteiger partial charge in [0.2, 0.25) is 11.5 Å². The molecule has 2 aromatic heterocycles. The summed E-state index contributed by atoms with van der Waals surface area (Å²) < 4.78 is 3.49. The third-order valence-corrected chi connectivity index (χ3v) is 2.73. The summed E-state index contributed by atoms with van der Waals surface area (Å²) in [7, 11) is 0. The van der Waals surface area contributed by atoms with Gasteiger partial charge in [-0.05, 0) is 19.1 Å². The molecule has 0 bridgehead atoms. The number of hydrogen-bond acceptors (Lipinski definition) is 2. The minimum atomic E-state index is -0.0221. The zero-order chi connectivity index (χ0) is 11.3. The topological polar surface area (TPSA) is 54.3 Å².